The van der Waals surface area contributed by atoms with Gasteiger partial charge in [0.2, 0.25) is 41.1 Å². The van der Waals surface area contributed by atoms with E-state index < -0.39 is 58.6 Å². The van der Waals surface area contributed by atoms with E-state index in [1.807, 2.05) is 48.5 Å². The quantitative estimate of drug-likeness (QED) is 0.0926. The van der Waals surface area contributed by atoms with Gasteiger partial charge in [0.15, 0.2) is 6.61 Å². The topological polar surface area (TPSA) is 38.7 Å². The Morgan fingerprint density at radius 3 is 1.51 bits per heavy atom. The zero-order valence-electron chi connectivity index (χ0n) is 18.0. The highest BCUT2D eigenvalue weighted by molar-refractivity contribution is 8.17. The highest BCUT2D eigenvalue weighted by Gasteiger charge is 2.28. The summed E-state index contributed by atoms with van der Waals surface area (Å²) in [5, 5.41) is 9.89. The van der Waals surface area contributed by atoms with Gasteiger partial charge in [-0.1, -0.05) is 36.4 Å². The lowest BCUT2D eigenvalue weighted by Gasteiger charge is -2.23. The van der Waals surface area contributed by atoms with E-state index in [-0.39, 0.29) is 0 Å². The molecule has 0 aliphatic rings. The summed E-state index contributed by atoms with van der Waals surface area (Å²) in [7, 11) is -0.844. The van der Waals surface area contributed by atoms with Crippen LogP contribution in [0.1, 0.15) is 0 Å². The Morgan fingerprint density at radius 1 is 0.600 bits per heavy atom. The fourth-order valence-electron chi connectivity index (χ4n) is 3.32. The van der Waals surface area contributed by atoms with Crippen LogP contribution >= 0.6 is 10.9 Å². The van der Waals surface area contributed by atoms with Gasteiger partial charge in [-0.2, -0.15) is 19.7 Å². The van der Waals surface area contributed by atoms with Gasteiger partial charge in [0.1, 0.15) is 5.75 Å². The second-order valence-electron chi connectivity index (χ2n) is 7.28. The average Bonchev–Trinajstić information content (AvgIpc) is 2.90. The van der Waals surface area contributed by atoms with Gasteiger partial charge in [0.25, 0.3) is 0 Å². The van der Waals surface area contributed by atoms with Crippen molar-refractivity contribution in [1.29, 1.82) is 0 Å². The van der Waals surface area contributed by atoms with E-state index in [0.29, 0.717) is 5.75 Å². The molecule has 0 radical (unpaired) electrons. The molecule has 0 aliphatic carbocycles. The average molecular weight is 506 g/mol. The Labute approximate surface area is 200 Å². The molecule has 35 heavy (non-hydrogen) atoms. The van der Waals surface area contributed by atoms with E-state index in [2.05, 4.69) is 29.0 Å². The summed E-state index contributed by atoms with van der Waals surface area (Å²) in [6.45, 7) is -0.620. The number of rotatable bonds is 8. The monoisotopic (exact) mass is 506 g/mol. The largest absolute Gasteiger partial charge is 0.487 e. The molecule has 0 aromatic heterocycles. The maximum Gasteiger partial charge on any atom is 0.232 e. The summed E-state index contributed by atoms with van der Waals surface area (Å²) in [4.78, 5) is 3.32. The Kier molecular flexibility index (Phi) is 7.57. The zero-order valence-corrected chi connectivity index (χ0v) is 18.9. The number of aliphatic hydroxyl groups is 1. The van der Waals surface area contributed by atoms with Crippen LogP contribution in [0.2, 0.25) is 0 Å². The third kappa shape index (κ3) is 5.41. The molecule has 1 atom stereocenters. The number of halogens is 5. The zero-order chi connectivity index (χ0) is 24.9. The van der Waals surface area contributed by atoms with Crippen LogP contribution in [0, 0.1) is 29.1 Å². The second kappa shape index (κ2) is 10.8. The smallest absolute Gasteiger partial charge is 0.232 e. The molecule has 1 N–H and O–H groups in total. The molecule has 0 amide bonds. The van der Waals surface area contributed by atoms with Gasteiger partial charge in [-0.3, -0.25) is 0 Å². The highest BCUT2D eigenvalue weighted by atomic mass is 32.2. The van der Waals surface area contributed by atoms with Crippen LogP contribution in [-0.4, -0.2) is 18.0 Å². The van der Waals surface area contributed by atoms with Crippen molar-refractivity contribution in [2.24, 2.45) is 0 Å². The molecule has 4 aromatic carbocycles. The first-order chi connectivity index (χ1) is 16.9. The number of ether oxygens (including phenoxy) is 2. The van der Waals surface area contributed by atoms with Crippen molar-refractivity contribution in [2.75, 3.05) is 6.61 Å². The Bertz CT molecular complexity index is 1220. The molecular weight excluding hydrogens is 487 g/mol. The first-order valence-electron chi connectivity index (χ1n) is 10.4. The van der Waals surface area contributed by atoms with Crippen molar-refractivity contribution in [3.63, 3.8) is 0 Å². The van der Waals surface area contributed by atoms with Gasteiger partial charge in [0.05, 0.1) is 0 Å². The number of aliphatic hydroxyl groups excluding tert-OH is 1. The normalized spacial score (nSPS) is 12.2. The predicted molar refractivity (Wildman–Crippen MR) is 121 cm³/mol. The highest BCUT2D eigenvalue weighted by Crippen LogP contribution is 2.51. The van der Waals surface area contributed by atoms with Gasteiger partial charge < -0.3 is 14.6 Å². The first kappa shape index (κ1) is 24.6. The molecule has 4 rings (SSSR count). The molecule has 0 fully saturated rings. The lowest BCUT2D eigenvalue weighted by atomic mass is 10.2. The fourth-order valence-corrected chi connectivity index (χ4v) is 5.60. The van der Waals surface area contributed by atoms with Crippen molar-refractivity contribution < 1.29 is 36.5 Å². The van der Waals surface area contributed by atoms with E-state index in [9.17, 15) is 27.1 Å². The van der Waals surface area contributed by atoms with Crippen molar-refractivity contribution in [3.8, 4) is 11.5 Å². The van der Waals surface area contributed by atoms with Gasteiger partial charge in [-0.25, -0.2) is 13.2 Å². The standard InChI is InChI=1S/C26H19F5O3S/c27-21-22(28)24(30)26(25(31)23(21)29)34-20(32)15-33-16-11-13-19(14-12-16)35(17-7-3-1-4-8-17)18-9-5-2-6-10-18/h1-14,20,32,35H,15H2. The van der Waals surface area contributed by atoms with Gasteiger partial charge in [0, 0.05) is 0 Å². The lowest BCUT2D eigenvalue weighted by Crippen LogP contribution is -2.25. The third-order valence-corrected chi connectivity index (χ3v) is 7.38. The van der Waals surface area contributed by atoms with E-state index in [0.717, 1.165) is 14.7 Å². The van der Waals surface area contributed by atoms with Crippen LogP contribution in [0.4, 0.5) is 22.0 Å². The van der Waals surface area contributed by atoms with Crippen molar-refractivity contribution >= 4 is 10.9 Å². The van der Waals surface area contributed by atoms with Crippen LogP contribution in [0.25, 0.3) is 0 Å². The van der Waals surface area contributed by atoms with Crippen LogP contribution in [0.3, 0.4) is 0 Å². The van der Waals surface area contributed by atoms with E-state index >= 15 is 0 Å². The lowest BCUT2D eigenvalue weighted by molar-refractivity contribution is -0.0529. The number of hydrogen-bond acceptors (Lipinski definition) is 3. The van der Waals surface area contributed by atoms with E-state index in [1.54, 1.807) is 12.1 Å². The summed E-state index contributed by atoms with van der Waals surface area (Å²) < 4.78 is 77.1. The van der Waals surface area contributed by atoms with Crippen LogP contribution in [0.15, 0.2) is 99.6 Å². The summed E-state index contributed by atoms with van der Waals surface area (Å²) in [6.07, 6.45) is -1.99. The van der Waals surface area contributed by atoms with Crippen molar-refractivity contribution in [1.82, 2.24) is 0 Å². The molecule has 0 saturated heterocycles. The minimum atomic E-state index is -2.32. The third-order valence-electron chi connectivity index (χ3n) is 4.94. The molecule has 182 valence electrons. The first-order valence-corrected chi connectivity index (χ1v) is 11.7. The molecule has 3 nitrogen and oxygen atoms in total. The van der Waals surface area contributed by atoms with Crippen LogP contribution in [0.5, 0.6) is 11.5 Å². The summed E-state index contributed by atoms with van der Waals surface area (Å²) in [5.41, 5.74) is 0. The Hall–Kier alpha value is -3.56. The Balaban J connectivity index is 1.47. The summed E-state index contributed by atoms with van der Waals surface area (Å²) >= 11 is 0. The Morgan fingerprint density at radius 2 is 1.03 bits per heavy atom. The predicted octanol–water partition coefficient (Wildman–Crippen LogP) is 6.64. The van der Waals surface area contributed by atoms with Gasteiger partial charge in [-0.05, 0) is 63.2 Å². The molecule has 0 spiro atoms. The van der Waals surface area contributed by atoms with Gasteiger partial charge >= 0.3 is 0 Å². The summed E-state index contributed by atoms with van der Waals surface area (Å²) in [6, 6.07) is 27.0. The van der Waals surface area contributed by atoms with Crippen molar-refractivity contribution in [3.05, 3.63) is 114 Å². The SMILES string of the molecule is OC(COc1ccc([SH](c2ccccc2)c2ccccc2)cc1)Oc1c(F)c(F)c(F)c(F)c1F. The number of hydrogen-bond donors (Lipinski definition) is 2. The molecule has 9 heteroatoms. The molecule has 0 heterocycles. The second-order valence-corrected chi connectivity index (χ2v) is 9.50. The van der Waals surface area contributed by atoms with Gasteiger partial charge in [-0.15, -0.1) is 0 Å². The van der Waals surface area contributed by atoms with Crippen LogP contribution in [-0.2, 0) is 0 Å². The maximum atomic E-state index is 13.7. The van der Waals surface area contributed by atoms with Crippen molar-refractivity contribution in [2.45, 2.75) is 21.0 Å². The molecule has 0 aliphatic heterocycles. The molecule has 0 bridgehead atoms. The number of benzene rings is 4. The van der Waals surface area contributed by atoms with Crippen LogP contribution < -0.4 is 9.47 Å². The molecule has 4 aromatic rings. The molecule has 0 saturated carbocycles. The van der Waals surface area contributed by atoms with E-state index in [4.69, 9.17) is 4.74 Å². The maximum absolute atomic E-state index is 13.7. The number of thiol groups is 1. The molecule has 1 unspecified atom stereocenters. The minimum absolute atomic E-state index is 0.310. The fraction of sp³-hybridized carbons (Fsp3) is 0.0769. The molecular formula is C26H19F5O3S. The minimum Gasteiger partial charge on any atom is -0.487 e. The van der Waals surface area contributed by atoms with E-state index in [1.165, 1.54) is 0 Å². The summed E-state index contributed by atoms with van der Waals surface area (Å²) in [5.74, 6) is -12.3.